The van der Waals surface area contributed by atoms with Crippen LogP contribution in [0.5, 0.6) is 0 Å². The summed E-state index contributed by atoms with van der Waals surface area (Å²) in [5.41, 5.74) is 15.3. The number of aromatic nitrogens is 1. The van der Waals surface area contributed by atoms with Gasteiger partial charge in [0, 0.05) is 10.3 Å². The highest BCUT2D eigenvalue weighted by atomic mass is 32.1. The van der Waals surface area contributed by atoms with E-state index in [4.69, 9.17) is 16.2 Å². The normalized spacial score (nSPS) is 15.5. The minimum atomic E-state index is -0.427. The summed E-state index contributed by atoms with van der Waals surface area (Å²) in [5.74, 6) is -0.301. The Balaban J connectivity index is 1.78. The fourth-order valence-corrected chi connectivity index (χ4v) is 7.38. The van der Waals surface area contributed by atoms with Crippen LogP contribution in [0.1, 0.15) is 95.5 Å². The van der Waals surface area contributed by atoms with Crippen molar-refractivity contribution in [3.63, 3.8) is 0 Å². The van der Waals surface area contributed by atoms with E-state index in [9.17, 15) is 14.9 Å². The van der Waals surface area contributed by atoms with Crippen LogP contribution in [0.25, 0.3) is 10.2 Å². The van der Waals surface area contributed by atoms with Crippen molar-refractivity contribution in [3.05, 3.63) is 32.0 Å². The summed E-state index contributed by atoms with van der Waals surface area (Å²) in [6.07, 6.45) is 2.60. The Morgan fingerprint density at radius 1 is 1.27 bits per heavy atom. The van der Waals surface area contributed by atoms with Crippen molar-refractivity contribution in [2.45, 2.75) is 66.7 Å². The summed E-state index contributed by atoms with van der Waals surface area (Å²) in [6.45, 7) is 12.6. The van der Waals surface area contributed by atoms with Crippen LogP contribution in [0.2, 0.25) is 0 Å². The smallest absolute Gasteiger partial charge is 0.341 e. The summed E-state index contributed by atoms with van der Waals surface area (Å²) >= 11 is 2.57. The van der Waals surface area contributed by atoms with E-state index in [1.165, 1.54) is 11.3 Å². The molecule has 0 radical (unpaired) electrons. The number of carbonyl (C=O) groups is 2. The number of nitrogen functional groups attached to an aromatic ring is 2. The number of ether oxygens (including phenoxy) is 1. The number of hydrogen-bond donors (Lipinski definition) is 3. The van der Waals surface area contributed by atoms with Gasteiger partial charge in [0.2, 0.25) is 0 Å². The van der Waals surface area contributed by atoms with Gasteiger partial charge in [-0.15, -0.1) is 22.7 Å². The lowest BCUT2D eigenvalue weighted by Crippen LogP contribution is -2.26. The van der Waals surface area contributed by atoms with E-state index < -0.39 is 11.9 Å². The molecule has 0 saturated carbocycles. The zero-order valence-electron chi connectivity index (χ0n) is 22.1. The van der Waals surface area contributed by atoms with Crippen molar-refractivity contribution in [1.82, 2.24) is 4.98 Å². The van der Waals surface area contributed by atoms with Crippen LogP contribution in [-0.2, 0) is 17.6 Å². The maximum absolute atomic E-state index is 13.5. The molecule has 196 valence electrons. The van der Waals surface area contributed by atoms with E-state index in [2.05, 4.69) is 37.1 Å². The van der Waals surface area contributed by atoms with Crippen molar-refractivity contribution in [2.24, 2.45) is 11.3 Å². The van der Waals surface area contributed by atoms with Crippen LogP contribution in [0.4, 0.5) is 16.5 Å². The maximum atomic E-state index is 13.5. The van der Waals surface area contributed by atoms with Gasteiger partial charge < -0.3 is 21.5 Å². The first-order chi connectivity index (χ1) is 17.4. The Kier molecular flexibility index (Phi) is 7.23. The SMILES string of the molecule is CCOC(=O)c1c(NC(=O)c2sc3nc(N)c(C#N)c(C(C)C)c3c2N)sc2c1CCC(C(C)(C)C)C2. The fraction of sp³-hybridized carbons (Fsp3) is 0.481. The standard InChI is InChI=1S/C27H33N5O3S2/c1-7-35-26(34)18-14-9-8-13(27(4,5)6)10-16(14)36-24(18)32-23(33)21-20(29)19-17(12(2)3)15(11-28)22(30)31-25(19)37-21/h12-13H,7-10,29H2,1-6H3,(H2,30,31)(H,32,33). The number of nitrogens with two attached hydrogens (primary N) is 2. The first kappa shape index (κ1) is 26.9. The van der Waals surface area contributed by atoms with Gasteiger partial charge in [0.1, 0.15) is 26.6 Å². The Hall–Kier alpha value is -3.16. The summed E-state index contributed by atoms with van der Waals surface area (Å²) in [5, 5.41) is 13.7. The van der Waals surface area contributed by atoms with Gasteiger partial charge in [-0.25, -0.2) is 9.78 Å². The van der Waals surface area contributed by atoms with Crippen molar-refractivity contribution in [2.75, 3.05) is 23.4 Å². The molecule has 1 unspecified atom stereocenters. The molecule has 3 aromatic heterocycles. The van der Waals surface area contributed by atoms with E-state index in [1.807, 2.05) is 13.8 Å². The largest absolute Gasteiger partial charge is 0.462 e. The van der Waals surface area contributed by atoms with Crippen LogP contribution in [0.3, 0.4) is 0 Å². The number of amides is 1. The van der Waals surface area contributed by atoms with Crippen LogP contribution in [-0.4, -0.2) is 23.5 Å². The quantitative estimate of drug-likeness (QED) is 0.332. The van der Waals surface area contributed by atoms with Gasteiger partial charge in [-0.2, -0.15) is 5.26 Å². The lowest BCUT2D eigenvalue weighted by atomic mass is 9.72. The molecule has 0 aromatic carbocycles. The van der Waals surface area contributed by atoms with Gasteiger partial charge in [0.05, 0.1) is 23.4 Å². The third kappa shape index (κ3) is 4.78. The number of hydrogen-bond acceptors (Lipinski definition) is 9. The van der Waals surface area contributed by atoms with Gasteiger partial charge >= 0.3 is 5.97 Å². The molecule has 4 rings (SSSR count). The Bertz CT molecular complexity index is 1440. The van der Waals surface area contributed by atoms with Gasteiger partial charge in [-0.3, -0.25) is 4.79 Å². The number of rotatable bonds is 5. The molecule has 1 amide bonds. The second kappa shape index (κ2) is 9.95. The number of thiophene rings is 2. The van der Waals surface area contributed by atoms with Gasteiger partial charge in [0.25, 0.3) is 5.91 Å². The fourth-order valence-electron chi connectivity index (χ4n) is 5.05. The number of pyridine rings is 1. The topological polar surface area (TPSA) is 144 Å². The molecule has 1 aliphatic carbocycles. The number of nitrogens with one attached hydrogen (secondary N) is 1. The number of carbonyl (C=O) groups excluding carboxylic acids is 2. The third-order valence-electron chi connectivity index (χ3n) is 7.04. The number of nitrogens with zero attached hydrogens (tertiary/aromatic N) is 2. The molecule has 3 aromatic rings. The number of fused-ring (bicyclic) bond motifs is 2. The monoisotopic (exact) mass is 539 g/mol. The molecule has 5 N–H and O–H groups in total. The Morgan fingerprint density at radius 3 is 2.57 bits per heavy atom. The molecule has 0 bridgehead atoms. The Morgan fingerprint density at radius 2 is 1.97 bits per heavy atom. The van der Waals surface area contributed by atoms with Crippen molar-refractivity contribution in [1.29, 1.82) is 5.26 Å². The van der Waals surface area contributed by atoms with Gasteiger partial charge in [-0.1, -0.05) is 34.6 Å². The van der Waals surface area contributed by atoms with E-state index in [0.29, 0.717) is 32.3 Å². The highest BCUT2D eigenvalue weighted by Gasteiger charge is 2.35. The third-order valence-corrected chi connectivity index (χ3v) is 9.30. The van der Waals surface area contributed by atoms with Gasteiger partial charge in [-0.05, 0) is 54.6 Å². The predicted octanol–water partition coefficient (Wildman–Crippen LogP) is 6.10. The highest BCUT2D eigenvalue weighted by Crippen LogP contribution is 2.45. The molecule has 0 spiro atoms. The van der Waals surface area contributed by atoms with Crippen LogP contribution in [0, 0.1) is 22.7 Å². The average molecular weight is 540 g/mol. The van der Waals surface area contributed by atoms with E-state index >= 15 is 0 Å². The molecule has 10 heteroatoms. The van der Waals surface area contributed by atoms with Crippen molar-refractivity contribution >= 4 is 61.3 Å². The van der Waals surface area contributed by atoms with Crippen molar-refractivity contribution in [3.8, 4) is 6.07 Å². The summed E-state index contributed by atoms with van der Waals surface area (Å²) in [4.78, 5) is 32.8. The Labute approximate surface area is 225 Å². The van der Waals surface area contributed by atoms with E-state index in [0.717, 1.165) is 41.0 Å². The predicted molar refractivity (Wildman–Crippen MR) is 150 cm³/mol. The minimum Gasteiger partial charge on any atom is -0.462 e. The highest BCUT2D eigenvalue weighted by molar-refractivity contribution is 7.21. The molecule has 1 atom stereocenters. The molecular formula is C27H33N5O3S2. The molecule has 1 aliphatic rings. The van der Waals surface area contributed by atoms with E-state index in [1.54, 1.807) is 6.92 Å². The summed E-state index contributed by atoms with van der Waals surface area (Å²) in [6, 6.07) is 2.13. The van der Waals surface area contributed by atoms with Crippen LogP contribution < -0.4 is 16.8 Å². The zero-order chi connectivity index (χ0) is 27.2. The molecule has 8 nitrogen and oxygen atoms in total. The summed E-state index contributed by atoms with van der Waals surface area (Å²) in [7, 11) is 0. The average Bonchev–Trinajstić information content (AvgIpc) is 3.33. The lowest BCUT2D eigenvalue weighted by Gasteiger charge is -2.33. The molecule has 3 heterocycles. The van der Waals surface area contributed by atoms with Crippen molar-refractivity contribution < 1.29 is 14.3 Å². The molecular weight excluding hydrogens is 506 g/mol. The zero-order valence-corrected chi connectivity index (χ0v) is 23.7. The molecule has 0 fully saturated rings. The lowest BCUT2D eigenvalue weighted by molar-refractivity contribution is 0.0526. The molecule has 37 heavy (non-hydrogen) atoms. The summed E-state index contributed by atoms with van der Waals surface area (Å²) < 4.78 is 5.37. The first-order valence-electron chi connectivity index (χ1n) is 12.4. The van der Waals surface area contributed by atoms with Crippen LogP contribution >= 0.6 is 22.7 Å². The molecule has 0 saturated heterocycles. The minimum absolute atomic E-state index is 0.0505. The second-order valence-corrected chi connectivity index (χ2v) is 12.9. The number of esters is 1. The molecule has 0 aliphatic heterocycles. The maximum Gasteiger partial charge on any atom is 0.341 e. The first-order valence-corrected chi connectivity index (χ1v) is 14.1. The number of nitriles is 1. The second-order valence-electron chi connectivity index (χ2n) is 10.8. The van der Waals surface area contributed by atoms with E-state index in [-0.39, 0.29) is 39.9 Å². The van der Waals surface area contributed by atoms with Crippen LogP contribution in [0.15, 0.2) is 0 Å². The number of anilines is 3. The van der Waals surface area contributed by atoms with Gasteiger partial charge in [0.15, 0.2) is 0 Å².